The van der Waals surface area contributed by atoms with Gasteiger partial charge in [-0.2, -0.15) is 13.2 Å². The molecule has 1 heterocycles. The monoisotopic (exact) mass is 445 g/mol. The van der Waals surface area contributed by atoms with Gasteiger partial charge in [0.05, 0.1) is 17.7 Å². The number of carbonyl (C=O) groups excluding carboxylic acids is 1. The second-order valence-corrected chi connectivity index (χ2v) is 7.38. The van der Waals surface area contributed by atoms with Gasteiger partial charge < -0.3 is 21.1 Å². The van der Waals surface area contributed by atoms with Crippen molar-refractivity contribution < 1.29 is 22.7 Å². The number of ether oxygens (including phenoxy) is 1. The highest BCUT2D eigenvalue weighted by molar-refractivity contribution is 5.90. The first-order chi connectivity index (χ1) is 15.1. The van der Waals surface area contributed by atoms with Gasteiger partial charge in [0.1, 0.15) is 12.0 Å². The lowest BCUT2D eigenvalue weighted by atomic mass is 10.2. The third-order valence-corrected chi connectivity index (χ3v) is 4.29. The smallest absolute Gasteiger partial charge is 0.416 e. The van der Waals surface area contributed by atoms with E-state index in [0.717, 1.165) is 12.1 Å². The third kappa shape index (κ3) is 5.87. The van der Waals surface area contributed by atoms with Crippen LogP contribution in [0.2, 0.25) is 0 Å². The normalized spacial score (nSPS) is 11.3. The molecule has 0 spiro atoms. The standard InChI is InChI=1S/C22H22F3N5O2/c1-13(2)11-32-21(31)14-3-7-16(8-4-14)29-19-18(26)20(28-12-27-19)30-17-9-5-15(6-10-17)22(23,24)25/h3-10,12-13H,11,26H2,1-2H3,(H2,27,28,29,30). The maximum Gasteiger partial charge on any atom is 0.416 e. The summed E-state index contributed by atoms with van der Waals surface area (Å²) in [6.45, 7) is 4.24. The van der Waals surface area contributed by atoms with E-state index in [4.69, 9.17) is 10.5 Å². The van der Waals surface area contributed by atoms with Crippen molar-refractivity contribution in [3.8, 4) is 0 Å². The SMILES string of the molecule is CC(C)COC(=O)c1ccc(Nc2ncnc(Nc3ccc(C(F)(F)F)cc3)c2N)cc1. The van der Waals surface area contributed by atoms with Gasteiger partial charge in [-0.1, -0.05) is 13.8 Å². The summed E-state index contributed by atoms with van der Waals surface area (Å²) >= 11 is 0. The minimum Gasteiger partial charge on any atom is -0.462 e. The van der Waals surface area contributed by atoms with Crippen LogP contribution in [0.25, 0.3) is 0 Å². The molecule has 3 rings (SSSR count). The number of anilines is 5. The maximum absolute atomic E-state index is 12.7. The molecule has 0 aliphatic carbocycles. The fourth-order valence-corrected chi connectivity index (χ4v) is 2.63. The second-order valence-electron chi connectivity index (χ2n) is 7.38. The number of nitrogens with zero attached hydrogens (tertiary/aromatic N) is 2. The lowest BCUT2D eigenvalue weighted by Crippen LogP contribution is -2.10. The number of rotatable bonds is 7. The minimum absolute atomic E-state index is 0.174. The Morgan fingerprint density at radius 3 is 1.94 bits per heavy atom. The third-order valence-electron chi connectivity index (χ3n) is 4.29. The van der Waals surface area contributed by atoms with E-state index >= 15 is 0 Å². The fraction of sp³-hybridized carbons (Fsp3) is 0.227. The summed E-state index contributed by atoms with van der Waals surface area (Å²) in [5.41, 5.74) is 6.96. The first-order valence-electron chi connectivity index (χ1n) is 9.72. The molecule has 0 radical (unpaired) electrons. The van der Waals surface area contributed by atoms with E-state index in [9.17, 15) is 18.0 Å². The maximum atomic E-state index is 12.7. The lowest BCUT2D eigenvalue weighted by Gasteiger charge is -2.13. The van der Waals surface area contributed by atoms with Crippen LogP contribution in [0.5, 0.6) is 0 Å². The van der Waals surface area contributed by atoms with Crippen molar-refractivity contribution in [1.82, 2.24) is 9.97 Å². The van der Waals surface area contributed by atoms with Crippen LogP contribution in [-0.2, 0) is 10.9 Å². The van der Waals surface area contributed by atoms with Crippen LogP contribution in [0.1, 0.15) is 29.8 Å². The molecule has 0 atom stereocenters. The van der Waals surface area contributed by atoms with Crippen LogP contribution in [0, 0.1) is 5.92 Å². The lowest BCUT2D eigenvalue weighted by molar-refractivity contribution is -0.137. The van der Waals surface area contributed by atoms with Gasteiger partial charge in [-0.25, -0.2) is 14.8 Å². The molecular weight excluding hydrogens is 423 g/mol. The van der Waals surface area contributed by atoms with Gasteiger partial charge >= 0.3 is 12.1 Å². The molecule has 0 saturated heterocycles. The highest BCUT2D eigenvalue weighted by Gasteiger charge is 2.30. The minimum atomic E-state index is -4.41. The van der Waals surface area contributed by atoms with Gasteiger partial charge in [-0.15, -0.1) is 0 Å². The Kier molecular flexibility index (Phi) is 6.82. The number of nitrogen functional groups attached to an aromatic ring is 1. The average molecular weight is 445 g/mol. The van der Waals surface area contributed by atoms with Gasteiger partial charge in [0.25, 0.3) is 0 Å². The molecular formula is C22H22F3N5O2. The molecule has 0 saturated carbocycles. The molecule has 0 bridgehead atoms. The zero-order chi connectivity index (χ0) is 23.3. The number of alkyl halides is 3. The Balaban J connectivity index is 1.70. The highest BCUT2D eigenvalue weighted by atomic mass is 19.4. The van der Waals surface area contributed by atoms with Crippen molar-refractivity contribution in [3.63, 3.8) is 0 Å². The number of aromatic nitrogens is 2. The predicted octanol–water partition coefficient (Wildman–Crippen LogP) is 5.38. The van der Waals surface area contributed by atoms with E-state index in [1.165, 1.54) is 18.5 Å². The van der Waals surface area contributed by atoms with Gasteiger partial charge in [-0.05, 0) is 54.4 Å². The molecule has 0 aliphatic heterocycles. The molecule has 2 aromatic carbocycles. The van der Waals surface area contributed by atoms with Gasteiger partial charge in [0, 0.05) is 11.4 Å². The summed E-state index contributed by atoms with van der Waals surface area (Å²) in [7, 11) is 0. The topological polar surface area (TPSA) is 102 Å². The number of esters is 1. The quantitative estimate of drug-likeness (QED) is 0.420. The zero-order valence-electron chi connectivity index (χ0n) is 17.4. The van der Waals surface area contributed by atoms with Crippen LogP contribution in [-0.4, -0.2) is 22.5 Å². The molecule has 168 valence electrons. The number of carbonyl (C=O) groups is 1. The zero-order valence-corrected chi connectivity index (χ0v) is 17.4. The Morgan fingerprint density at radius 2 is 1.47 bits per heavy atom. The van der Waals surface area contributed by atoms with Crippen LogP contribution < -0.4 is 16.4 Å². The number of halogens is 3. The van der Waals surface area contributed by atoms with E-state index in [-0.39, 0.29) is 17.4 Å². The molecule has 3 aromatic rings. The van der Waals surface area contributed by atoms with Crippen LogP contribution in [0.15, 0.2) is 54.9 Å². The molecule has 10 heteroatoms. The number of nitrogens with one attached hydrogen (secondary N) is 2. The first-order valence-corrected chi connectivity index (χ1v) is 9.72. The summed E-state index contributed by atoms with van der Waals surface area (Å²) in [5.74, 6) is 0.363. The fourth-order valence-electron chi connectivity index (χ4n) is 2.63. The number of benzene rings is 2. The van der Waals surface area contributed by atoms with Crippen molar-refractivity contribution in [2.45, 2.75) is 20.0 Å². The Hall–Kier alpha value is -3.82. The molecule has 0 amide bonds. The van der Waals surface area contributed by atoms with E-state index in [1.807, 2.05) is 13.8 Å². The van der Waals surface area contributed by atoms with Gasteiger partial charge in [0.2, 0.25) is 0 Å². The predicted molar refractivity (Wildman–Crippen MR) is 116 cm³/mol. The van der Waals surface area contributed by atoms with Crippen LogP contribution >= 0.6 is 0 Å². The Bertz CT molecular complexity index is 1070. The average Bonchev–Trinajstić information content (AvgIpc) is 2.75. The highest BCUT2D eigenvalue weighted by Crippen LogP contribution is 2.32. The summed E-state index contributed by atoms with van der Waals surface area (Å²) in [4.78, 5) is 20.2. The van der Waals surface area contributed by atoms with Crippen LogP contribution in [0.3, 0.4) is 0 Å². The first kappa shape index (κ1) is 22.9. The van der Waals surface area contributed by atoms with E-state index in [1.54, 1.807) is 24.3 Å². The summed E-state index contributed by atoms with van der Waals surface area (Å²) in [6.07, 6.45) is -3.15. The molecule has 1 aromatic heterocycles. The molecule has 0 unspecified atom stereocenters. The van der Waals surface area contributed by atoms with Crippen LogP contribution in [0.4, 0.5) is 41.9 Å². The number of hydrogen-bond acceptors (Lipinski definition) is 7. The molecule has 32 heavy (non-hydrogen) atoms. The Labute approximate surface area is 182 Å². The molecule has 4 N–H and O–H groups in total. The van der Waals surface area contributed by atoms with Crippen molar-refractivity contribution >= 4 is 34.7 Å². The molecule has 0 aliphatic rings. The van der Waals surface area contributed by atoms with E-state index in [0.29, 0.717) is 29.4 Å². The number of nitrogens with two attached hydrogens (primary N) is 1. The summed E-state index contributed by atoms with van der Waals surface area (Å²) in [6, 6.07) is 11.1. The Morgan fingerprint density at radius 1 is 0.969 bits per heavy atom. The van der Waals surface area contributed by atoms with Crippen molar-refractivity contribution in [2.75, 3.05) is 23.0 Å². The van der Waals surface area contributed by atoms with Crippen molar-refractivity contribution in [3.05, 3.63) is 66.0 Å². The van der Waals surface area contributed by atoms with E-state index in [2.05, 4.69) is 20.6 Å². The molecule has 7 nitrogen and oxygen atoms in total. The van der Waals surface area contributed by atoms with Crippen molar-refractivity contribution in [2.24, 2.45) is 5.92 Å². The largest absolute Gasteiger partial charge is 0.462 e. The van der Waals surface area contributed by atoms with Gasteiger partial charge in [0.15, 0.2) is 11.6 Å². The second kappa shape index (κ2) is 9.54. The summed E-state index contributed by atoms with van der Waals surface area (Å²) < 4.78 is 43.3. The summed E-state index contributed by atoms with van der Waals surface area (Å²) in [5, 5.41) is 5.91. The number of hydrogen-bond donors (Lipinski definition) is 3. The van der Waals surface area contributed by atoms with Gasteiger partial charge in [-0.3, -0.25) is 0 Å². The van der Waals surface area contributed by atoms with E-state index < -0.39 is 17.7 Å². The van der Waals surface area contributed by atoms with Crippen molar-refractivity contribution in [1.29, 1.82) is 0 Å². The molecule has 0 fully saturated rings.